The molecule has 2 N–H and O–H groups in total. The van der Waals surface area contributed by atoms with Crippen LogP contribution in [0.1, 0.15) is 71.1 Å². The van der Waals surface area contributed by atoms with Crippen molar-refractivity contribution in [2.75, 3.05) is 5.32 Å². The number of hydrogen-bond donors (Lipinski definition) is 2. The Kier molecular flexibility index (Phi) is 5.92. The van der Waals surface area contributed by atoms with E-state index in [1.165, 1.54) is 0 Å². The summed E-state index contributed by atoms with van der Waals surface area (Å²) >= 11 is 0. The Morgan fingerprint density at radius 1 is 1.27 bits per heavy atom. The lowest BCUT2D eigenvalue weighted by Crippen LogP contribution is -2.31. The SMILES string of the molecule is C/C(=C\Cc1c(NC(=O)C(F)(F)F)c2c(c(C)c1C1CC1)COC2=O)CCC(=O)O. The number of carboxylic acid groups (broad SMARTS) is 1. The maximum absolute atomic E-state index is 13.0. The minimum absolute atomic E-state index is 0.0268. The zero-order chi connectivity index (χ0) is 22.2. The van der Waals surface area contributed by atoms with E-state index in [0.29, 0.717) is 17.5 Å². The van der Waals surface area contributed by atoms with Crippen molar-refractivity contribution in [2.45, 2.75) is 64.7 Å². The smallest absolute Gasteiger partial charge is 0.471 e. The Hall–Kier alpha value is -2.84. The molecule has 1 aliphatic heterocycles. The number of esters is 1. The second-order valence-corrected chi connectivity index (χ2v) is 7.70. The van der Waals surface area contributed by atoms with Crippen LogP contribution >= 0.6 is 0 Å². The molecule has 0 saturated heterocycles. The summed E-state index contributed by atoms with van der Waals surface area (Å²) in [6, 6.07) is 0. The van der Waals surface area contributed by atoms with Crippen LogP contribution in [0, 0.1) is 6.92 Å². The fourth-order valence-electron chi connectivity index (χ4n) is 3.77. The second-order valence-electron chi connectivity index (χ2n) is 7.70. The van der Waals surface area contributed by atoms with Gasteiger partial charge in [0.05, 0.1) is 11.3 Å². The van der Waals surface area contributed by atoms with Gasteiger partial charge in [-0.3, -0.25) is 9.59 Å². The number of aliphatic carboxylic acids is 1. The molecule has 9 heteroatoms. The van der Waals surface area contributed by atoms with Crippen molar-refractivity contribution in [3.05, 3.63) is 39.5 Å². The average molecular weight is 425 g/mol. The number of amides is 1. The zero-order valence-electron chi connectivity index (χ0n) is 16.6. The van der Waals surface area contributed by atoms with E-state index in [-0.39, 0.29) is 36.6 Å². The number of allylic oxidation sites excluding steroid dienone is 2. The molecule has 1 fully saturated rings. The summed E-state index contributed by atoms with van der Waals surface area (Å²) in [7, 11) is 0. The highest BCUT2D eigenvalue weighted by molar-refractivity contribution is 6.06. The number of halogens is 3. The van der Waals surface area contributed by atoms with Crippen LogP contribution in [0.25, 0.3) is 0 Å². The number of hydrogen-bond acceptors (Lipinski definition) is 4. The highest BCUT2D eigenvalue weighted by atomic mass is 19.4. The van der Waals surface area contributed by atoms with E-state index in [9.17, 15) is 27.6 Å². The van der Waals surface area contributed by atoms with Gasteiger partial charge in [-0.1, -0.05) is 11.6 Å². The van der Waals surface area contributed by atoms with Crippen molar-refractivity contribution >= 4 is 23.5 Å². The van der Waals surface area contributed by atoms with Crippen molar-refractivity contribution < 1.29 is 37.4 Å². The maximum Gasteiger partial charge on any atom is 0.471 e. The first kappa shape index (κ1) is 21.9. The molecule has 0 spiro atoms. The summed E-state index contributed by atoms with van der Waals surface area (Å²) < 4.78 is 43.9. The van der Waals surface area contributed by atoms with Crippen LogP contribution < -0.4 is 5.32 Å². The van der Waals surface area contributed by atoms with Gasteiger partial charge in [0.1, 0.15) is 6.61 Å². The van der Waals surface area contributed by atoms with E-state index in [4.69, 9.17) is 9.84 Å². The number of anilines is 1. The molecule has 2 aliphatic rings. The molecule has 1 heterocycles. The molecule has 0 aromatic heterocycles. The van der Waals surface area contributed by atoms with Crippen LogP contribution in [0.3, 0.4) is 0 Å². The van der Waals surface area contributed by atoms with Gasteiger partial charge < -0.3 is 15.2 Å². The van der Waals surface area contributed by atoms with Gasteiger partial charge in [0.15, 0.2) is 0 Å². The van der Waals surface area contributed by atoms with Gasteiger partial charge in [-0.05, 0) is 62.1 Å². The minimum Gasteiger partial charge on any atom is -0.481 e. The molecular formula is C21H22F3NO5. The highest BCUT2D eigenvalue weighted by Crippen LogP contribution is 2.49. The average Bonchev–Trinajstić information content (AvgIpc) is 3.41. The Labute approximate surface area is 171 Å². The first-order valence-corrected chi connectivity index (χ1v) is 9.61. The van der Waals surface area contributed by atoms with E-state index in [2.05, 4.69) is 0 Å². The lowest BCUT2D eigenvalue weighted by Gasteiger charge is -2.21. The van der Waals surface area contributed by atoms with Gasteiger partial charge in [0, 0.05) is 12.0 Å². The van der Waals surface area contributed by atoms with Crippen molar-refractivity contribution in [1.29, 1.82) is 0 Å². The molecule has 0 unspecified atom stereocenters. The highest BCUT2D eigenvalue weighted by Gasteiger charge is 2.42. The van der Waals surface area contributed by atoms with Gasteiger partial charge in [-0.15, -0.1) is 0 Å². The molecule has 1 aliphatic carbocycles. The largest absolute Gasteiger partial charge is 0.481 e. The van der Waals surface area contributed by atoms with E-state index < -0.39 is 24.0 Å². The number of nitrogens with one attached hydrogen (secondary N) is 1. The predicted octanol–water partition coefficient (Wildman–Crippen LogP) is 4.40. The summed E-state index contributed by atoms with van der Waals surface area (Å²) in [4.78, 5) is 34.8. The van der Waals surface area contributed by atoms with Crippen molar-refractivity contribution in [1.82, 2.24) is 0 Å². The quantitative estimate of drug-likeness (QED) is 0.499. The van der Waals surface area contributed by atoms with E-state index in [1.54, 1.807) is 13.0 Å². The fraction of sp³-hybridized carbons (Fsp3) is 0.476. The molecule has 1 saturated carbocycles. The van der Waals surface area contributed by atoms with Crippen LogP contribution in [-0.4, -0.2) is 29.1 Å². The van der Waals surface area contributed by atoms with Gasteiger partial charge in [0.25, 0.3) is 0 Å². The summed E-state index contributed by atoms with van der Waals surface area (Å²) in [5.74, 6) is -3.71. The summed E-state index contributed by atoms with van der Waals surface area (Å²) in [6.07, 6.45) is -1.23. The third kappa shape index (κ3) is 4.49. The number of cyclic esters (lactones) is 1. The summed E-state index contributed by atoms with van der Waals surface area (Å²) in [5, 5.41) is 10.7. The number of ether oxygens (including phenoxy) is 1. The molecule has 0 atom stereocenters. The summed E-state index contributed by atoms with van der Waals surface area (Å²) in [6.45, 7) is 3.51. The number of benzene rings is 1. The molecule has 162 valence electrons. The van der Waals surface area contributed by atoms with Gasteiger partial charge >= 0.3 is 24.0 Å². The van der Waals surface area contributed by atoms with Crippen LogP contribution in [0.2, 0.25) is 0 Å². The molecule has 1 aromatic rings. The topological polar surface area (TPSA) is 92.7 Å². The van der Waals surface area contributed by atoms with Crippen LogP contribution in [-0.2, 0) is 27.4 Å². The van der Waals surface area contributed by atoms with Crippen molar-refractivity contribution in [3.8, 4) is 0 Å². The number of rotatable bonds is 7. The Morgan fingerprint density at radius 2 is 1.93 bits per heavy atom. The fourth-order valence-corrected chi connectivity index (χ4v) is 3.77. The first-order valence-electron chi connectivity index (χ1n) is 9.61. The lowest BCUT2D eigenvalue weighted by molar-refractivity contribution is -0.167. The third-order valence-corrected chi connectivity index (χ3v) is 5.46. The minimum atomic E-state index is -5.11. The third-order valence-electron chi connectivity index (χ3n) is 5.46. The van der Waals surface area contributed by atoms with Gasteiger partial charge in [-0.25, -0.2) is 4.79 Å². The lowest BCUT2D eigenvalue weighted by atomic mass is 9.87. The Bertz CT molecular complexity index is 945. The van der Waals surface area contributed by atoms with E-state index >= 15 is 0 Å². The maximum atomic E-state index is 13.0. The van der Waals surface area contributed by atoms with Crippen molar-refractivity contribution in [2.24, 2.45) is 0 Å². The molecule has 0 bridgehead atoms. The number of fused-ring (bicyclic) bond motifs is 1. The number of carboxylic acids is 1. The Balaban J connectivity index is 2.10. The molecule has 30 heavy (non-hydrogen) atoms. The standard InChI is InChI=1S/C21H22F3NO5/c1-10(4-8-15(26)27)3-7-13-16(12-5-6-12)11(2)14-9-30-19(28)17(14)18(13)25-20(29)21(22,23)24/h3,12H,4-9H2,1-2H3,(H,25,29)(H,26,27)/b10-3+. The normalized spacial score (nSPS) is 16.3. The number of carbonyl (C=O) groups is 3. The summed E-state index contributed by atoms with van der Waals surface area (Å²) in [5.41, 5.74) is 3.19. The number of alkyl halides is 3. The molecular weight excluding hydrogens is 403 g/mol. The van der Waals surface area contributed by atoms with Crippen molar-refractivity contribution in [3.63, 3.8) is 0 Å². The monoisotopic (exact) mass is 425 g/mol. The molecule has 6 nitrogen and oxygen atoms in total. The second kappa shape index (κ2) is 8.12. The van der Waals surface area contributed by atoms with Crippen LogP contribution in [0.15, 0.2) is 11.6 Å². The van der Waals surface area contributed by atoms with Crippen LogP contribution in [0.5, 0.6) is 0 Å². The van der Waals surface area contributed by atoms with Gasteiger partial charge in [-0.2, -0.15) is 13.2 Å². The van der Waals surface area contributed by atoms with E-state index in [1.807, 2.05) is 12.2 Å². The number of carbonyl (C=O) groups excluding carboxylic acids is 2. The first-order chi connectivity index (χ1) is 14.0. The van der Waals surface area contributed by atoms with E-state index in [0.717, 1.165) is 29.5 Å². The molecule has 1 amide bonds. The predicted molar refractivity (Wildman–Crippen MR) is 101 cm³/mol. The molecule has 0 radical (unpaired) electrons. The Morgan fingerprint density at radius 3 is 2.50 bits per heavy atom. The van der Waals surface area contributed by atoms with Crippen LogP contribution in [0.4, 0.5) is 18.9 Å². The van der Waals surface area contributed by atoms with Gasteiger partial charge in [0.2, 0.25) is 0 Å². The molecule has 1 aromatic carbocycles. The molecule has 3 rings (SSSR count). The zero-order valence-corrected chi connectivity index (χ0v) is 16.6.